The maximum atomic E-state index is 14.0. The number of carbonyl (C=O) groups is 1. The Hall–Kier alpha value is -1.82. The van der Waals surface area contributed by atoms with Gasteiger partial charge < -0.3 is 19.7 Å². The van der Waals surface area contributed by atoms with E-state index in [1.807, 2.05) is 0 Å². The van der Waals surface area contributed by atoms with Crippen molar-refractivity contribution in [1.82, 2.24) is 0 Å². The van der Waals surface area contributed by atoms with Crippen LogP contribution in [0, 0.1) is 0 Å². The predicted molar refractivity (Wildman–Crippen MR) is 59.0 cm³/mol. The number of aliphatic hydroxyl groups is 1. The molecule has 0 aromatic heterocycles. The highest BCUT2D eigenvalue weighted by Gasteiger charge is 2.50. The number of hydrogen-bond donors (Lipinski definition) is 2. The van der Waals surface area contributed by atoms with Gasteiger partial charge in [0.15, 0.2) is 5.60 Å². The number of ether oxygens (including phenoxy) is 2. The Labute approximate surface area is 103 Å². The lowest BCUT2D eigenvalue weighted by atomic mass is 9.91. The van der Waals surface area contributed by atoms with Gasteiger partial charge in [-0.15, -0.1) is 0 Å². The lowest BCUT2D eigenvalue weighted by Crippen LogP contribution is -2.44. The van der Waals surface area contributed by atoms with E-state index < -0.39 is 24.3 Å². The van der Waals surface area contributed by atoms with E-state index in [0.29, 0.717) is 0 Å². The first-order valence-electron chi connectivity index (χ1n) is 5.48. The minimum atomic E-state index is -2.23. The Balaban J connectivity index is 2.32. The van der Waals surface area contributed by atoms with Crippen molar-refractivity contribution < 1.29 is 28.9 Å². The number of phenols is 1. The summed E-state index contributed by atoms with van der Waals surface area (Å²) in [7, 11) is 0. The zero-order valence-electron chi connectivity index (χ0n) is 9.72. The molecule has 1 heterocycles. The highest BCUT2D eigenvalue weighted by molar-refractivity contribution is 5.77. The molecule has 0 aliphatic carbocycles. The predicted octanol–water partition coefficient (Wildman–Crippen LogP) is 0.873. The van der Waals surface area contributed by atoms with Crippen molar-refractivity contribution in [3.05, 3.63) is 23.8 Å². The van der Waals surface area contributed by atoms with Gasteiger partial charge in [0.05, 0.1) is 6.61 Å². The van der Waals surface area contributed by atoms with E-state index in [0.717, 1.165) is 0 Å². The second kappa shape index (κ2) is 4.45. The molecule has 0 saturated heterocycles. The standard InChI is InChI=1S/C12H13FO5/c1-2-17-11(15)10(13)12(16)6-18-9-5-7(14)3-4-8(9)12/h3-5,10,14,16H,2,6H2,1H3. The normalized spacial score (nSPS) is 23.1. The van der Waals surface area contributed by atoms with Gasteiger partial charge in [-0.2, -0.15) is 0 Å². The smallest absolute Gasteiger partial charge is 0.344 e. The molecule has 0 radical (unpaired) electrons. The molecule has 0 fully saturated rings. The van der Waals surface area contributed by atoms with Crippen molar-refractivity contribution in [2.75, 3.05) is 13.2 Å². The van der Waals surface area contributed by atoms with Crippen LogP contribution in [-0.2, 0) is 15.1 Å². The van der Waals surface area contributed by atoms with Crippen molar-refractivity contribution in [2.24, 2.45) is 0 Å². The van der Waals surface area contributed by atoms with Crippen molar-refractivity contribution in [3.63, 3.8) is 0 Å². The number of fused-ring (bicyclic) bond motifs is 1. The van der Waals surface area contributed by atoms with Gasteiger partial charge in [-0.3, -0.25) is 0 Å². The quantitative estimate of drug-likeness (QED) is 0.785. The summed E-state index contributed by atoms with van der Waals surface area (Å²) in [4.78, 5) is 11.3. The molecule has 1 aromatic rings. The zero-order valence-corrected chi connectivity index (χ0v) is 9.72. The fraction of sp³-hybridized carbons (Fsp3) is 0.417. The van der Waals surface area contributed by atoms with Crippen LogP contribution in [0.2, 0.25) is 0 Å². The summed E-state index contributed by atoms with van der Waals surface area (Å²) in [6.07, 6.45) is -2.23. The van der Waals surface area contributed by atoms with Crippen LogP contribution in [0.1, 0.15) is 12.5 Å². The van der Waals surface area contributed by atoms with E-state index in [9.17, 15) is 19.4 Å². The summed E-state index contributed by atoms with van der Waals surface area (Å²) in [5.74, 6) is -1.04. The Kier molecular flexibility index (Phi) is 3.13. The maximum absolute atomic E-state index is 14.0. The van der Waals surface area contributed by atoms with E-state index in [1.165, 1.54) is 18.2 Å². The molecule has 6 heteroatoms. The topological polar surface area (TPSA) is 76.0 Å². The SMILES string of the molecule is CCOC(=O)C(F)C1(O)COc2cc(O)ccc21. The average Bonchev–Trinajstić information content (AvgIpc) is 2.67. The van der Waals surface area contributed by atoms with Crippen molar-refractivity contribution in [1.29, 1.82) is 0 Å². The van der Waals surface area contributed by atoms with E-state index >= 15 is 0 Å². The van der Waals surface area contributed by atoms with Gasteiger partial charge in [0.1, 0.15) is 18.1 Å². The molecule has 0 saturated carbocycles. The van der Waals surface area contributed by atoms with Gasteiger partial charge >= 0.3 is 5.97 Å². The summed E-state index contributed by atoms with van der Waals surface area (Å²) < 4.78 is 23.6. The van der Waals surface area contributed by atoms with Crippen LogP contribution in [0.25, 0.3) is 0 Å². The monoisotopic (exact) mass is 256 g/mol. The Morgan fingerprint density at radius 2 is 2.39 bits per heavy atom. The summed E-state index contributed by atoms with van der Waals surface area (Å²) in [6, 6.07) is 3.87. The van der Waals surface area contributed by atoms with Crippen LogP contribution in [0.5, 0.6) is 11.5 Å². The fourth-order valence-corrected chi connectivity index (χ4v) is 1.87. The Morgan fingerprint density at radius 3 is 3.06 bits per heavy atom. The number of phenolic OH excluding ortho intramolecular Hbond substituents is 1. The average molecular weight is 256 g/mol. The van der Waals surface area contributed by atoms with Crippen LogP contribution >= 0.6 is 0 Å². The fourth-order valence-electron chi connectivity index (χ4n) is 1.87. The number of alkyl halides is 1. The second-order valence-electron chi connectivity index (χ2n) is 4.01. The number of benzene rings is 1. The van der Waals surface area contributed by atoms with Gasteiger partial charge in [-0.25, -0.2) is 9.18 Å². The first-order chi connectivity index (χ1) is 8.49. The number of halogens is 1. The number of rotatable bonds is 3. The molecular formula is C12H13FO5. The molecule has 2 atom stereocenters. The molecule has 0 amide bonds. The number of hydrogen-bond acceptors (Lipinski definition) is 5. The van der Waals surface area contributed by atoms with Gasteiger partial charge in [-0.05, 0) is 19.1 Å². The molecule has 1 aliphatic rings. The molecular weight excluding hydrogens is 243 g/mol. The molecule has 98 valence electrons. The van der Waals surface area contributed by atoms with Crippen LogP contribution in [0.3, 0.4) is 0 Å². The summed E-state index contributed by atoms with van der Waals surface area (Å²) in [5.41, 5.74) is -1.95. The highest BCUT2D eigenvalue weighted by Crippen LogP contribution is 2.42. The second-order valence-corrected chi connectivity index (χ2v) is 4.01. The molecule has 18 heavy (non-hydrogen) atoms. The van der Waals surface area contributed by atoms with Gasteiger partial charge in [0.25, 0.3) is 0 Å². The molecule has 5 nitrogen and oxygen atoms in total. The third-order valence-electron chi connectivity index (χ3n) is 2.79. The first kappa shape index (κ1) is 12.6. The van der Waals surface area contributed by atoms with Gasteiger partial charge in [-0.1, -0.05) is 0 Å². The number of esters is 1. The number of aromatic hydroxyl groups is 1. The maximum Gasteiger partial charge on any atom is 0.344 e. The molecule has 0 bridgehead atoms. The minimum Gasteiger partial charge on any atom is -0.508 e. The lowest BCUT2D eigenvalue weighted by molar-refractivity contribution is -0.162. The largest absolute Gasteiger partial charge is 0.508 e. The van der Waals surface area contributed by atoms with E-state index in [2.05, 4.69) is 4.74 Å². The molecule has 1 aliphatic heterocycles. The van der Waals surface area contributed by atoms with Gasteiger partial charge in [0, 0.05) is 11.6 Å². The molecule has 2 unspecified atom stereocenters. The lowest BCUT2D eigenvalue weighted by Gasteiger charge is -2.23. The van der Waals surface area contributed by atoms with Crippen LogP contribution in [0.4, 0.5) is 4.39 Å². The van der Waals surface area contributed by atoms with Crippen molar-refractivity contribution in [2.45, 2.75) is 18.7 Å². The van der Waals surface area contributed by atoms with Crippen LogP contribution in [-0.4, -0.2) is 35.6 Å². The van der Waals surface area contributed by atoms with Crippen molar-refractivity contribution >= 4 is 5.97 Å². The highest BCUT2D eigenvalue weighted by atomic mass is 19.1. The summed E-state index contributed by atoms with van der Waals surface area (Å²) >= 11 is 0. The Bertz CT molecular complexity index is 476. The third-order valence-corrected chi connectivity index (χ3v) is 2.79. The van der Waals surface area contributed by atoms with Crippen molar-refractivity contribution in [3.8, 4) is 11.5 Å². The van der Waals surface area contributed by atoms with Crippen LogP contribution < -0.4 is 4.74 Å². The minimum absolute atomic E-state index is 0.0264. The first-order valence-corrected chi connectivity index (χ1v) is 5.48. The Morgan fingerprint density at radius 1 is 1.67 bits per heavy atom. The third kappa shape index (κ3) is 1.88. The summed E-state index contributed by atoms with van der Waals surface area (Å²) in [5, 5.41) is 19.5. The van der Waals surface area contributed by atoms with Crippen LogP contribution in [0.15, 0.2) is 18.2 Å². The molecule has 1 aromatic carbocycles. The molecule has 2 rings (SSSR count). The molecule has 2 N–H and O–H groups in total. The molecule has 0 spiro atoms. The zero-order chi connectivity index (χ0) is 13.3. The summed E-state index contributed by atoms with van der Waals surface area (Å²) in [6.45, 7) is 1.18. The van der Waals surface area contributed by atoms with E-state index in [1.54, 1.807) is 6.92 Å². The van der Waals surface area contributed by atoms with E-state index in [-0.39, 0.29) is 23.7 Å². The van der Waals surface area contributed by atoms with E-state index in [4.69, 9.17) is 4.74 Å². The van der Waals surface area contributed by atoms with Gasteiger partial charge in [0.2, 0.25) is 6.17 Å². The number of carbonyl (C=O) groups excluding carboxylic acids is 1.